The molecule has 0 aliphatic rings. The van der Waals surface area contributed by atoms with Crippen molar-refractivity contribution in [3.8, 4) is 11.5 Å². The van der Waals surface area contributed by atoms with Crippen LogP contribution in [0.25, 0.3) is 0 Å². The molecular formula is C17H20N2O2. The fourth-order valence-corrected chi connectivity index (χ4v) is 2.14. The fourth-order valence-electron chi connectivity index (χ4n) is 2.14. The Morgan fingerprint density at radius 3 is 2.33 bits per heavy atom. The molecule has 0 aromatic heterocycles. The molecule has 0 heterocycles. The second-order valence-electron chi connectivity index (χ2n) is 4.66. The molecule has 0 atom stereocenters. The van der Waals surface area contributed by atoms with E-state index in [4.69, 9.17) is 0 Å². The molecule has 0 unspecified atom stereocenters. The van der Waals surface area contributed by atoms with Crippen molar-refractivity contribution in [2.75, 3.05) is 18.0 Å². The van der Waals surface area contributed by atoms with Crippen molar-refractivity contribution in [1.82, 2.24) is 0 Å². The number of hydrogen-bond donors (Lipinski definition) is 2. The Labute approximate surface area is 125 Å². The number of rotatable bonds is 5. The summed E-state index contributed by atoms with van der Waals surface area (Å²) in [6, 6.07) is 12.4. The lowest BCUT2D eigenvalue weighted by atomic mass is 10.2. The monoisotopic (exact) mass is 284 g/mol. The molecule has 2 N–H and O–H groups in total. The average molecular weight is 284 g/mol. The van der Waals surface area contributed by atoms with Crippen LogP contribution in [-0.4, -0.2) is 29.5 Å². The van der Waals surface area contributed by atoms with Crippen molar-refractivity contribution in [2.24, 2.45) is 4.99 Å². The van der Waals surface area contributed by atoms with E-state index in [1.54, 1.807) is 36.5 Å². The molecule has 0 spiro atoms. The van der Waals surface area contributed by atoms with Gasteiger partial charge in [0.2, 0.25) is 0 Å². The molecule has 4 nitrogen and oxygen atoms in total. The quantitative estimate of drug-likeness (QED) is 0.823. The third kappa shape index (κ3) is 3.54. The third-order valence-electron chi connectivity index (χ3n) is 3.37. The maximum absolute atomic E-state index is 10.1. The van der Waals surface area contributed by atoms with Gasteiger partial charge in [-0.2, -0.15) is 0 Å². The van der Waals surface area contributed by atoms with Gasteiger partial charge < -0.3 is 15.1 Å². The Bertz CT molecular complexity index is 634. The molecule has 0 amide bonds. The highest BCUT2D eigenvalue weighted by Crippen LogP contribution is 2.27. The van der Waals surface area contributed by atoms with Gasteiger partial charge >= 0.3 is 0 Å². The number of para-hydroxylation sites is 2. The van der Waals surface area contributed by atoms with Gasteiger partial charge in [0.15, 0.2) is 0 Å². The lowest BCUT2D eigenvalue weighted by Gasteiger charge is -2.21. The van der Waals surface area contributed by atoms with Gasteiger partial charge in [-0.05, 0) is 38.1 Å². The van der Waals surface area contributed by atoms with Crippen LogP contribution < -0.4 is 4.90 Å². The summed E-state index contributed by atoms with van der Waals surface area (Å²) in [5.41, 5.74) is 2.08. The smallest absolute Gasteiger partial charge is 0.141 e. The van der Waals surface area contributed by atoms with Gasteiger partial charge in [0, 0.05) is 36.6 Å². The highest BCUT2D eigenvalue weighted by molar-refractivity contribution is 5.86. The number of aliphatic imine (C=N–C) groups is 1. The van der Waals surface area contributed by atoms with Gasteiger partial charge in [-0.15, -0.1) is 0 Å². The number of benzene rings is 2. The summed E-state index contributed by atoms with van der Waals surface area (Å²) in [4.78, 5) is 6.36. The Hall–Kier alpha value is -2.49. The zero-order chi connectivity index (χ0) is 15.2. The molecule has 4 heteroatoms. The van der Waals surface area contributed by atoms with Gasteiger partial charge in [-0.3, -0.25) is 4.99 Å². The average Bonchev–Trinajstić information content (AvgIpc) is 2.49. The van der Waals surface area contributed by atoms with Gasteiger partial charge in [0.25, 0.3) is 0 Å². The zero-order valence-electron chi connectivity index (χ0n) is 12.3. The molecule has 0 aliphatic heterocycles. The van der Waals surface area contributed by atoms with E-state index in [0.717, 1.165) is 18.8 Å². The van der Waals surface area contributed by atoms with E-state index in [1.165, 1.54) is 0 Å². The number of anilines is 1. The van der Waals surface area contributed by atoms with Crippen molar-refractivity contribution in [3.05, 3.63) is 48.0 Å². The summed E-state index contributed by atoms with van der Waals surface area (Å²) >= 11 is 0. The molecule has 110 valence electrons. The van der Waals surface area contributed by atoms with Gasteiger partial charge in [-0.25, -0.2) is 0 Å². The molecule has 0 saturated heterocycles. The van der Waals surface area contributed by atoms with Gasteiger partial charge in [0.05, 0.1) is 0 Å². The van der Waals surface area contributed by atoms with E-state index in [0.29, 0.717) is 11.3 Å². The number of phenolic OH excluding ortho intramolecular Hbond substituents is 2. The van der Waals surface area contributed by atoms with E-state index in [1.807, 2.05) is 12.1 Å². The van der Waals surface area contributed by atoms with Crippen LogP contribution in [0.1, 0.15) is 19.4 Å². The Balaban J connectivity index is 2.24. The van der Waals surface area contributed by atoms with E-state index in [9.17, 15) is 10.2 Å². The predicted molar refractivity (Wildman–Crippen MR) is 87.0 cm³/mol. The van der Waals surface area contributed by atoms with E-state index in [2.05, 4.69) is 23.7 Å². The molecule has 0 aliphatic carbocycles. The molecular weight excluding hydrogens is 264 g/mol. The van der Waals surface area contributed by atoms with Crippen LogP contribution in [0.15, 0.2) is 47.5 Å². The number of aromatic hydroxyl groups is 2. The first-order chi connectivity index (χ1) is 10.2. The number of nitrogens with zero attached hydrogens (tertiary/aromatic N) is 2. The van der Waals surface area contributed by atoms with Crippen LogP contribution in [0.5, 0.6) is 11.5 Å². The van der Waals surface area contributed by atoms with Crippen LogP contribution >= 0.6 is 0 Å². The molecule has 2 aromatic carbocycles. The molecule has 0 radical (unpaired) electrons. The molecule has 2 aromatic rings. The predicted octanol–water partition coefficient (Wildman–Crippen LogP) is 3.69. The molecule has 0 fully saturated rings. The summed E-state index contributed by atoms with van der Waals surface area (Å²) < 4.78 is 0. The van der Waals surface area contributed by atoms with Crippen molar-refractivity contribution in [3.63, 3.8) is 0 Å². The minimum atomic E-state index is 0.119. The first-order valence-electron chi connectivity index (χ1n) is 7.05. The number of hydrogen-bond acceptors (Lipinski definition) is 4. The summed E-state index contributed by atoms with van der Waals surface area (Å²) in [5, 5.41) is 19.8. The standard InChI is InChI=1S/C17H20N2O2/c1-3-19(4-2)14-10-9-13(17(21)11-14)12-18-15-7-5-6-8-16(15)20/h5-12,20-21H,3-4H2,1-2H3. The first-order valence-corrected chi connectivity index (χ1v) is 7.05. The van der Waals surface area contributed by atoms with Gasteiger partial charge in [0.1, 0.15) is 17.2 Å². The van der Waals surface area contributed by atoms with Crippen LogP contribution in [0.2, 0.25) is 0 Å². The Morgan fingerprint density at radius 2 is 1.71 bits per heavy atom. The molecule has 0 bridgehead atoms. The molecule has 0 saturated carbocycles. The van der Waals surface area contributed by atoms with Crippen LogP contribution in [-0.2, 0) is 0 Å². The summed E-state index contributed by atoms with van der Waals surface area (Å²) in [6.45, 7) is 5.94. The first kappa shape index (κ1) is 14.9. The van der Waals surface area contributed by atoms with E-state index >= 15 is 0 Å². The topological polar surface area (TPSA) is 56.1 Å². The van der Waals surface area contributed by atoms with Gasteiger partial charge in [-0.1, -0.05) is 12.1 Å². The Morgan fingerprint density at radius 1 is 1.00 bits per heavy atom. The maximum atomic E-state index is 10.1. The summed E-state index contributed by atoms with van der Waals surface area (Å²) in [7, 11) is 0. The lowest BCUT2D eigenvalue weighted by Crippen LogP contribution is -2.21. The van der Waals surface area contributed by atoms with Crippen molar-refractivity contribution in [2.45, 2.75) is 13.8 Å². The SMILES string of the molecule is CCN(CC)c1ccc(C=Nc2ccccc2O)c(O)c1. The van der Waals surface area contributed by atoms with E-state index < -0.39 is 0 Å². The van der Waals surface area contributed by atoms with Crippen molar-refractivity contribution >= 4 is 17.6 Å². The van der Waals surface area contributed by atoms with E-state index in [-0.39, 0.29) is 11.5 Å². The summed E-state index contributed by atoms with van der Waals surface area (Å²) in [6.07, 6.45) is 1.55. The largest absolute Gasteiger partial charge is 0.507 e. The van der Waals surface area contributed by atoms with Crippen LogP contribution in [0.3, 0.4) is 0 Å². The Kier molecular flexibility index (Phi) is 4.82. The summed E-state index contributed by atoms with van der Waals surface area (Å²) in [5.74, 6) is 0.298. The normalized spacial score (nSPS) is 11.0. The maximum Gasteiger partial charge on any atom is 0.141 e. The second-order valence-corrected chi connectivity index (χ2v) is 4.66. The highest BCUT2D eigenvalue weighted by atomic mass is 16.3. The van der Waals surface area contributed by atoms with Crippen molar-refractivity contribution in [1.29, 1.82) is 0 Å². The molecule has 2 rings (SSSR count). The minimum Gasteiger partial charge on any atom is -0.507 e. The van der Waals surface area contributed by atoms with Crippen molar-refractivity contribution < 1.29 is 10.2 Å². The highest BCUT2D eigenvalue weighted by Gasteiger charge is 2.05. The third-order valence-corrected chi connectivity index (χ3v) is 3.37. The minimum absolute atomic E-state index is 0.119. The van der Waals surface area contributed by atoms with Crippen LogP contribution in [0.4, 0.5) is 11.4 Å². The molecule has 21 heavy (non-hydrogen) atoms. The fraction of sp³-hybridized carbons (Fsp3) is 0.235. The lowest BCUT2D eigenvalue weighted by molar-refractivity contribution is 0.474. The van der Waals surface area contributed by atoms with Crippen LogP contribution in [0, 0.1) is 0 Å². The second kappa shape index (κ2) is 6.79. The zero-order valence-corrected chi connectivity index (χ0v) is 12.3. The number of phenols is 2.